The Kier molecular flexibility index (Phi) is 3.89. The highest BCUT2D eigenvalue weighted by atomic mass is 19.4. The highest BCUT2D eigenvalue weighted by Gasteiger charge is 2.61. The molecule has 1 saturated heterocycles. The zero-order valence-electron chi connectivity index (χ0n) is 12.5. The summed E-state index contributed by atoms with van der Waals surface area (Å²) in [6, 6.07) is 2.81. The molecular weight excluding hydrogens is 334 g/mol. The SMILES string of the molecule is COC(=O)C1[C@H]2CN(C(=O)c3c(F)cccc3OC(F)(F)F)C[C@@H]12. The maximum absolute atomic E-state index is 13.9. The van der Waals surface area contributed by atoms with Crippen molar-refractivity contribution in [3.63, 3.8) is 0 Å². The van der Waals surface area contributed by atoms with Gasteiger partial charge in [-0.15, -0.1) is 13.2 Å². The normalized spacial score (nSPS) is 25.2. The standard InChI is InChI=1S/C15H13F4NO4/c1-23-14(22)11-7-5-20(6-8(7)11)13(21)12-9(16)3-2-4-10(12)24-15(17,18)19/h2-4,7-8,11H,5-6H2,1H3/t7-,8+,11?. The summed E-state index contributed by atoms with van der Waals surface area (Å²) in [7, 11) is 1.26. The Balaban J connectivity index is 1.77. The Morgan fingerprint density at radius 3 is 2.38 bits per heavy atom. The smallest absolute Gasteiger partial charge is 0.469 e. The molecular formula is C15H13F4NO4. The predicted octanol–water partition coefficient (Wildman–Crippen LogP) is 2.22. The monoisotopic (exact) mass is 347 g/mol. The molecule has 1 aromatic carbocycles. The van der Waals surface area contributed by atoms with Crippen LogP contribution in [0.3, 0.4) is 0 Å². The first-order valence-electron chi connectivity index (χ1n) is 7.14. The van der Waals surface area contributed by atoms with E-state index in [9.17, 15) is 27.2 Å². The lowest BCUT2D eigenvalue weighted by molar-refractivity contribution is -0.274. The lowest BCUT2D eigenvalue weighted by Crippen LogP contribution is -2.34. The molecule has 3 rings (SSSR count). The van der Waals surface area contributed by atoms with Crippen molar-refractivity contribution in [2.75, 3.05) is 20.2 Å². The molecule has 1 aromatic rings. The third-order valence-corrected chi connectivity index (χ3v) is 4.37. The first-order chi connectivity index (χ1) is 11.2. The van der Waals surface area contributed by atoms with E-state index in [0.29, 0.717) is 0 Å². The number of amides is 1. The Labute approximate surface area is 134 Å². The first kappa shape index (κ1) is 16.5. The molecule has 0 N–H and O–H groups in total. The molecule has 0 bridgehead atoms. The Morgan fingerprint density at radius 1 is 1.21 bits per heavy atom. The summed E-state index contributed by atoms with van der Waals surface area (Å²) in [5.74, 6) is -3.72. The van der Waals surface area contributed by atoms with Crippen LogP contribution in [0.4, 0.5) is 17.6 Å². The molecule has 1 aliphatic carbocycles. The summed E-state index contributed by atoms with van der Waals surface area (Å²) in [6.07, 6.45) is -5.04. The van der Waals surface area contributed by atoms with Crippen LogP contribution in [0.15, 0.2) is 18.2 Å². The van der Waals surface area contributed by atoms with Gasteiger partial charge in [-0.25, -0.2) is 4.39 Å². The molecule has 130 valence electrons. The van der Waals surface area contributed by atoms with E-state index in [0.717, 1.165) is 18.2 Å². The average molecular weight is 347 g/mol. The lowest BCUT2D eigenvalue weighted by atomic mass is 10.1. The van der Waals surface area contributed by atoms with Gasteiger partial charge in [0.25, 0.3) is 5.91 Å². The number of methoxy groups -OCH3 is 1. The zero-order chi connectivity index (χ0) is 17.6. The van der Waals surface area contributed by atoms with Crippen LogP contribution in [-0.2, 0) is 9.53 Å². The number of nitrogens with zero attached hydrogens (tertiary/aromatic N) is 1. The minimum atomic E-state index is -5.04. The van der Waals surface area contributed by atoms with Crippen molar-refractivity contribution in [3.05, 3.63) is 29.6 Å². The number of alkyl halides is 3. The van der Waals surface area contributed by atoms with Gasteiger partial charge >= 0.3 is 12.3 Å². The van der Waals surface area contributed by atoms with E-state index in [2.05, 4.69) is 9.47 Å². The Morgan fingerprint density at radius 2 is 1.83 bits per heavy atom. The van der Waals surface area contributed by atoms with Crippen LogP contribution in [0, 0.1) is 23.6 Å². The van der Waals surface area contributed by atoms with E-state index in [1.54, 1.807) is 0 Å². The summed E-state index contributed by atoms with van der Waals surface area (Å²) in [6.45, 7) is 0.339. The third-order valence-electron chi connectivity index (χ3n) is 4.37. The van der Waals surface area contributed by atoms with Crippen molar-refractivity contribution in [2.45, 2.75) is 6.36 Å². The molecule has 5 nitrogen and oxygen atoms in total. The van der Waals surface area contributed by atoms with Crippen LogP contribution in [-0.4, -0.2) is 43.3 Å². The van der Waals surface area contributed by atoms with Crippen LogP contribution >= 0.6 is 0 Å². The Bertz CT molecular complexity index is 679. The molecule has 2 fully saturated rings. The number of fused-ring (bicyclic) bond motifs is 1. The third kappa shape index (κ3) is 2.90. The number of hydrogen-bond donors (Lipinski definition) is 0. The van der Waals surface area contributed by atoms with Crippen molar-refractivity contribution < 1.29 is 36.6 Å². The van der Waals surface area contributed by atoms with Crippen molar-refractivity contribution in [2.24, 2.45) is 17.8 Å². The van der Waals surface area contributed by atoms with E-state index >= 15 is 0 Å². The quantitative estimate of drug-likeness (QED) is 0.621. The average Bonchev–Trinajstić information content (AvgIpc) is 2.98. The molecule has 3 atom stereocenters. The summed E-state index contributed by atoms with van der Waals surface area (Å²) in [4.78, 5) is 25.1. The number of likely N-dealkylation sites (tertiary alicyclic amines) is 1. The largest absolute Gasteiger partial charge is 0.573 e. The molecule has 1 aliphatic heterocycles. The second-order valence-corrected chi connectivity index (χ2v) is 5.75. The molecule has 1 amide bonds. The van der Waals surface area contributed by atoms with Gasteiger partial charge < -0.3 is 14.4 Å². The predicted molar refractivity (Wildman–Crippen MR) is 71.5 cm³/mol. The zero-order valence-corrected chi connectivity index (χ0v) is 12.5. The van der Waals surface area contributed by atoms with Crippen molar-refractivity contribution >= 4 is 11.9 Å². The molecule has 24 heavy (non-hydrogen) atoms. The summed E-state index contributed by atoms with van der Waals surface area (Å²) in [5.41, 5.74) is -0.759. The molecule has 1 unspecified atom stereocenters. The molecule has 2 aliphatic rings. The molecule has 0 radical (unpaired) electrons. The van der Waals surface area contributed by atoms with E-state index < -0.39 is 29.4 Å². The van der Waals surface area contributed by atoms with Gasteiger partial charge in [-0.05, 0) is 24.0 Å². The van der Waals surface area contributed by atoms with Gasteiger partial charge in [0.1, 0.15) is 17.1 Å². The molecule has 1 heterocycles. The van der Waals surface area contributed by atoms with Gasteiger partial charge in [0.05, 0.1) is 13.0 Å². The number of hydrogen-bond acceptors (Lipinski definition) is 4. The fourth-order valence-electron chi connectivity index (χ4n) is 3.26. The van der Waals surface area contributed by atoms with Gasteiger partial charge in [-0.2, -0.15) is 0 Å². The van der Waals surface area contributed by atoms with E-state index in [1.165, 1.54) is 12.0 Å². The Hall–Kier alpha value is -2.32. The number of carbonyl (C=O) groups is 2. The fourth-order valence-corrected chi connectivity index (χ4v) is 3.26. The maximum atomic E-state index is 13.9. The molecule has 1 saturated carbocycles. The van der Waals surface area contributed by atoms with Crippen molar-refractivity contribution in [1.29, 1.82) is 0 Å². The summed E-state index contributed by atoms with van der Waals surface area (Å²) in [5, 5.41) is 0. The lowest BCUT2D eigenvalue weighted by Gasteiger charge is -2.21. The number of piperidine rings is 1. The highest BCUT2D eigenvalue weighted by Crippen LogP contribution is 2.52. The van der Waals surface area contributed by atoms with Gasteiger partial charge in [0.15, 0.2) is 0 Å². The van der Waals surface area contributed by atoms with Crippen LogP contribution in [0.5, 0.6) is 5.75 Å². The minimum absolute atomic E-state index is 0.0971. The van der Waals surface area contributed by atoms with Gasteiger partial charge in [-0.3, -0.25) is 9.59 Å². The second kappa shape index (κ2) is 5.64. The maximum Gasteiger partial charge on any atom is 0.573 e. The highest BCUT2D eigenvalue weighted by molar-refractivity contribution is 5.97. The number of rotatable bonds is 3. The number of halogens is 4. The van der Waals surface area contributed by atoms with E-state index in [1.807, 2.05) is 0 Å². The van der Waals surface area contributed by atoms with Crippen LogP contribution in [0.1, 0.15) is 10.4 Å². The molecule has 0 spiro atoms. The first-order valence-corrected chi connectivity index (χ1v) is 7.14. The molecule has 0 aromatic heterocycles. The number of benzene rings is 1. The molecule has 9 heteroatoms. The summed E-state index contributed by atoms with van der Waals surface area (Å²) >= 11 is 0. The van der Waals surface area contributed by atoms with Crippen LogP contribution in [0.25, 0.3) is 0 Å². The van der Waals surface area contributed by atoms with Gasteiger partial charge in [0.2, 0.25) is 0 Å². The summed E-state index contributed by atoms with van der Waals surface area (Å²) < 4.78 is 59.6. The number of esters is 1. The minimum Gasteiger partial charge on any atom is -0.469 e. The number of ether oxygens (including phenoxy) is 2. The number of carbonyl (C=O) groups excluding carboxylic acids is 2. The van der Waals surface area contributed by atoms with Gasteiger partial charge in [-0.1, -0.05) is 6.07 Å². The second-order valence-electron chi connectivity index (χ2n) is 5.75. The van der Waals surface area contributed by atoms with Gasteiger partial charge in [0, 0.05) is 13.1 Å². The van der Waals surface area contributed by atoms with E-state index in [4.69, 9.17) is 0 Å². The van der Waals surface area contributed by atoms with Crippen molar-refractivity contribution in [3.8, 4) is 5.75 Å². The van der Waals surface area contributed by atoms with Crippen molar-refractivity contribution in [1.82, 2.24) is 4.90 Å². The topological polar surface area (TPSA) is 55.8 Å². The van der Waals surface area contributed by atoms with Crippen LogP contribution < -0.4 is 4.74 Å². The fraction of sp³-hybridized carbons (Fsp3) is 0.467. The van der Waals surface area contributed by atoms with E-state index in [-0.39, 0.29) is 36.8 Å². The van der Waals surface area contributed by atoms with Crippen LogP contribution in [0.2, 0.25) is 0 Å².